The number of phenols is 1. The van der Waals surface area contributed by atoms with Gasteiger partial charge in [0.2, 0.25) is 0 Å². The first-order valence-corrected chi connectivity index (χ1v) is 8.88. The van der Waals surface area contributed by atoms with Gasteiger partial charge in [-0.2, -0.15) is 5.26 Å². The fraction of sp³-hybridized carbons (Fsp3) is 0.100. The molecule has 0 saturated heterocycles. The van der Waals surface area contributed by atoms with Gasteiger partial charge >= 0.3 is 0 Å². The minimum Gasteiger partial charge on any atom is -0.505 e. The fourth-order valence-corrected chi connectivity index (χ4v) is 3.23. The summed E-state index contributed by atoms with van der Waals surface area (Å²) in [7, 11) is 0. The summed E-state index contributed by atoms with van der Waals surface area (Å²) in [5.41, 5.74) is 2.50. The van der Waals surface area contributed by atoms with E-state index in [1.165, 1.54) is 18.2 Å². The largest absolute Gasteiger partial charge is 0.505 e. The molecule has 0 bridgehead atoms. The number of para-hydroxylation sites is 1. The van der Waals surface area contributed by atoms with Gasteiger partial charge in [0.05, 0.1) is 10.0 Å². The van der Waals surface area contributed by atoms with Crippen molar-refractivity contribution in [3.8, 4) is 11.8 Å². The summed E-state index contributed by atoms with van der Waals surface area (Å²) in [6, 6.07) is 12.7. The number of H-pyrrole nitrogens is 1. The minimum absolute atomic E-state index is 0.0470. The quantitative estimate of drug-likeness (QED) is 0.437. The van der Waals surface area contributed by atoms with Crippen molar-refractivity contribution in [2.75, 3.05) is 6.54 Å². The molecule has 1 amide bonds. The summed E-state index contributed by atoms with van der Waals surface area (Å²) in [4.78, 5) is 15.5. The number of nitrogens with one attached hydrogen (secondary N) is 2. The van der Waals surface area contributed by atoms with Crippen molar-refractivity contribution in [2.24, 2.45) is 0 Å². The second kappa shape index (κ2) is 8.17. The number of aromatic nitrogens is 1. The number of phenolic OH excluding ortho intramolecular Hbond substituents is 1. The van der Waals surface area contributed by atoms with E-state index < -0.39 is 5.91 Å². The zero-order valence-electron chi connectivity index (χ0n) is 14.1. The highest BCUT2D eigenvalue weighted by Crippen LogP contribution is 2.33. The van der Waals surface area contributed by atoms with Crippen LogP contribution in [0.3, 0.4) is 0 Å². The molecular formula is C20H15Cl2N3O2. The molecule has 0 aliphatic rings. The van der Waals surface area contributed by atoms with E-state index >= 15 is 0 Å². The van der Waals surface area contributed by atoms with Crippen LogP contribution in [0, 0.1) is 11.3 Å². The van der Waals surface area contributed by atoms with Crippen LogP contribution in [0.25, 0.3) is 17.0 Å². The predicted octanol–water partition coefficient (Wildman–Crippen LogP) is 4.45. The van der Waals surface area contributed by atoms with Gasteiger partial charge in [0, 0.05) is 23.6 Å². The normalized spacial score (nSPS) is 11.4. The van der Waals surface area contributed by atoms with Crippen LogP contribution in [0.5, 0.6) is 5.75 Å². The number of nitriles is 1. The van der Waals surface area contributed by atoms with Crippen molar-refractivity contribution in [3.05, 3.63) is 69.3 Å². The number of hydrogen-bond acceptors (Lipinski definition) is 3. The van der Waals surface area contributed by atoms with E-state index in [-0.39, 0.29) is 21.4 Å². The fourth-order valence-electron chi connectivity index (χ4n) is 2.73. The lowest BCUT2D eigenvalue weighted by Crippen LogP contribution is -2.26. The number of aromatic hydroxyl groups is 1. The van der Waals surface area contributed by atoms with Gasteiger partial charge in [-0.3, -0.25) is 4.79 Å². The van der Waals surface area contributed by atoms with Crippen LogP contribution in [0.2, 0.25) is 10.0 Å². The Balaban J connectivity index is 1.68. The number of carbonyl (C=O) groups is 1. The van der Waals surface area contributed by atoms with Gasteiger partial charge in [0.25, 0.3) is 5.91 Å². The molecule has 136 valence electrons. The van der Waals surface area contributed by atoms with Crippen molar-refractivity contribution in [1.29, 1.82) is 5.26 Å². The number of nitrogens with zero attached hydrogens (tertiary/aromatic N) is 1. The summed E-state index contributed by atoms with van der Waals surface area (Å²) >= 11 is 11.7. The molecule has 3 rings (SSSR count). The van der Waals surface area contributed by atoms with E-state index in [1.54, 1.807) is 0 Å². The Morgan fingerprint density at radius 3 is 2.67 bits per heavy atom. The lowest BCUT2D eigenvalue weighted by atomic mass is 10.1. The van der Waals surface area contributed by atoms with Gasteiger partial charge in [-0.1, -0.05) is 41.4 Å². The molecule has 3 N–H and O–H groups in total. The predicted molar refractivity (Wildman–Crippen MR) is 107 cm³/mol. The Hall–Kier alpha value is -2.94. The molecule has 0 spiro atoms. The van der Waals surface area contributed by atoms with Crippen LogP contribution in [0.4, 0.5) is 0 Å². The maximum absolute atomic E-state index is 12.3. The third-order valence-electron chi connectivity index (χ3n) is 4.07. The molecule has 5 nitrogen and oxygen atoms in total. The van der Waals surface area contributed by atoms with Crippen LogP contribution in [0.1, 0.15) is 11.1 Å². The average molecular weight is 400 g/mol. The Morgan fingerprint density at radius 2 is 1.96 bits per heavy atom. The SMILES string of the molecule is N#C/C(=C/c1cc(Cl)c(O)c(Cl)c1)C(=O)NCCc1c[nH]c2ccccc12. The van der Waals surface area contributed by atoms with E-state index in [0.717, 1.165) is 16.5 Å². The van der Waals surface area contributed by atoms with Crippen LogP contribution in [0.15, 0.2) is 48.2 Å². The van der Waals surface area contributed by atoms with Gasteiger partial charge in [-0.05, 0) is 41.8 Å². The molecule has 0 unspecified atom stereocenters. The molecule has 0 aliphatic heterocycles. The van der Waals surface area contributed by atoms with Crippen molar-refractivity contribution >= 4 is 46.1 Å². The molecule has 2 aromatic carbocycles. The Labute approximate surface area is 165 Å². The number of halogens is 2. The number of fused-ring (bicyclic) bond motifs is 1. The highest BCUT2D eigenvalue weighted by Gasteiger charge is 2.11. The topological polar surface area (TPSA) is 88.9 Å². The van der Waals surface area contributed by atoms with Crippen molar-refractivity contribution < 1.29 is 9.90 Å². The van der Waals surface area contributed by atoms with Crippen LogP contribution in [-0.4, -0.2) is 22.5 Å². The monoisotopic (exact) mass is 399 g/mol. The molecule has 1 aromatic heterocycles. The number of aromatic amines is 1. The Kier molecular flexibility index (Phi) is 5.70. The minimum atomic E-state index is -0.488. The molecule has 27 heavy (non-hydrogen) atoms. The lowest BCUT2D eigenvalue weighted by molar-refractivity contribution is -0.117. The number of rotatable bonds is 5. The van der Waals surface area contributed by atoms with E-state index in [2.05, 4.69) is 10.3 Å². The van der Waals surface area contributed by atoms with Crippen molar-refractivity contribution in [2.45, 2.75) is 6.42 Å². The van der Waals surface area contributed by atoms with Crippen LogP contribution in [-0.2, 0) is 11.2 Å². The molecule has 1 heterocycles. The zero-order chi connectivity index (χ0) is 19.4. The summed E-state index contributed by atoms with van der Waals surface area (Å²) < 4.78 is 0. The standard InChI is InChI=1S/C20H15Cl2N3O2/c21-16-8-12(9-17(22)19(16)26)7-14(10-23)20(27)24-6-5-13-11-25-18-4-2-1-3-15(13)18/h1-4,7-9,11,25-26H,5-6H2,(H,24,27)/b14-7-. The van der Waals surface area contributed by atoms with E-state index in [1.807, 2.05) is 36.5 Å². The average Bonchev–Trinajstić information content (AvgIpc) is 3.07. The molecular weight excluding hydrogens is 385 g/mol. The molecule has 0 atom stereocenters. The number of carbonyl (C=O) groups excluding carboxylic acids is 1. The smallest absolute Gasteiger partial charge is 0.261 e. The highest BCUT2D eigenvalue weighted by molar-refractivity contribution is 6.37. The molecule has 0 aliphatic carbocycles. The summed E-state index contributed by atoms with van der Waals surface area (Å²) in [6.07, 6.45) is 3.92. The maximum Gasteiger partial charge on any atom is 0.261 e. The third kappa shape index (κ3) is 4.25. The van der Waals surface area contributed by atoms with Crippen molar-refractivity contribution in [1.82, 2.24) is 10.3 Å². The molecule has 3 aromatic rings. The van der Waals surface area contributed by atoms with Gasteiger partial charge < -0.3 is 15.4 Å². The van der Waals surface area contributed by atoms with Gasteiger partial charge in [0.1, 0.15) is 11.6 Å². The summed E-state index contributed by atoms with van der Waals surface area (Å²) in [5, 5.41) is 22.8. The van der Waals surface area contributed by atoms with Crippen molar-refractivity contribution in [3.63, 3.8) is 0 Å². The summed E-state index contributed by atoms with van der Waals surface area (Å²) in [5.74, 6) is -0.727. The van der Waals surface area contributed by atoms with Gasteiger partial charge in [0.15, 0.2) is 5.75 Å². The third-order valence-corrected chi connectivity index (χ3v) is 4.65. The lowest BCUT2D eigenvalue weighted by Gasteiger charge is -2.05. The molecule has 0 saturated carbocycles. The second-order valence-corrected chi connectivity index (χ2v) is 6.68. The second-order valence-electron chi connectivity index (χ2n) is 5.87. The number of amides is 1. The first-order chi connectivity index (χ1) is 13.0. The van der Waals surface area contributed by atoms with E-state index in [0.29, 0.717) is 18.5 Å². The van der Waals surface area contributed by atoms with Crippen LogP contribution >= 0.6 is 23.2 Å². The molecule has 0 radical (unpaired) electrons. The van der Waals surface area contributed by atoms with E-state index in [9.17, 15) is 15.2 Å². The Morgan fingerprint density at radius 1 is 1.26 bits per heavy atom. The maximum atomic E-state index is 12.3. The van der Waals surface area contributed by atoms with E-state index in [4.69, 9.17) is 23.2 Å². The van der Waals surface area contributed by atoms with Gasteiger partial charge in [-0.15, -0.1) is 0 Å². The van der Waals surface area contributed by atoms with Gasteiger partial charge in [-0.25, -0.2) is 0 Å². The number of benzene rings is 2. The first kappa shape index (κ1) is 18.8. The summed E-state index contributed by atoms with van der Waals surface area (Å²) in [6.45, 7) is 0.386. The first-order valence-electron chi connectivity index (χ1n) is 8.12. The van der Waals surface area contributed by atoms with Crippen LogP contribution < -0.4 is 5.32 Å². The highest BCUT2D eigenvalue weighted by atomic mass is 35.5. The molecule has 7 heteroatoms. The molecule has 0 fully saturated rings. The Bertz CT molecular complexity index is 1060. The number of hydrogen-bond donors (Lipinski definition) is 3. The zero-order valence-corrected chi connectivity index (χ0v) is 15.6.